The highest BCUT2D eigenvalue weighted by Gasteiger charge is 2.44. The molecule has 1 aliphatic heterocycles. The van der Waals surface area contributed by atoms with Gasteiger partial charge in [0.1, 0.15) is 30.5 Å². The molecule has 8 heteroatoms. The van der Waals surface area contributed by atoms with Gasteiger partial charge in [-0.1, -0.05) is 26.0 Å². The SMILES string of the molecule is CC1=C(/C=C/[C@H](C)O[C@@H]2O[C@H](CO)[C@@H](O)[C@H](O)[C@H]2O)C(C)(C)CC(=O)[C@@H]1O. The molecule has 8 nitrogen and oxygen atoms in total. The number of hydrogen-bond donors (Lipinski definition) is 5. The van der Waals surface area contributed by atoms with Gasteiger partial charge in [0.2, 0.25) is 0 Å². The van der Waals surface area contributed by atoms with Crippen LogP contribution in [-0.4, -0.2) is 80.8 Å². The minimum Gasteiger partial charge on any atom is -0.394 e. The van der Waals surface area contributed by atoms with Crippen LogP contribution in [0.4, 0.5) is 0 Å². The second-order valence-corrected chi connectivity index (χ2v) is 7.92. The van der Waals surface area contributed by atoms with Gasteiger partial charge in [0.05, 0.1) is 12.7 Å². The summed E-state index contributed by atoms with van der Waals surface area (Å²) in [4.78, 5) is 11.9. The quantitative estimate of drug-likeness (QED) is 0.423. The van der Waals surface area contributed by atoms with Crippen LogP contribution in [0.15, 0.2) is 23.3 Å². The van der Waals surface area contributed by atoms with Crippen LogP contribution < -0.4 is 0 Å². The summed E-state index contributed by atoms with van der Waals surface area (Å²) in [5, 5.41) is 48.9. The highest BCUT2D eigenvalue weighted by atomic mass is 16.7. The van der Waals surface area contributed by atoms with Crippen molar-refractivity contribution in [1.82, 2.24) is 0 Å². The average molecular weight is 386 g/mol. The molecule has 1 aliphatic carbocycles. The lowest BCUT2D eigenvalue weighted by molar-refractivity contribution is -0.306. The molecule has 2 aliphatic rings. The van der Waals surface area contributed by atoms with E-state index in [9.17, 15) is 30.3 Å². The number of ketones is 1. The molecule has 0 aromatic heterocycles. The molecule has 1 saturated heterocycles. The summed E-state index contributed by atoms with van der Waals surface area (Å²) in [5.74, 6) is -0.208. The number of aliphatic hydroxyl groups excluding tert-OH is 5. The van der Waals surface area contributed by atoms with Gasteiger partial charge in [0.25, 0.3) is 0 Å². The zero-order valence-corrected chi connectivity index (χ0v) is 16.1. The number of Topliss-reactive ketones (excluding diaryl/α,β-unsaturated/α-hetero) is 1. The van der Waals surface area contributed by atoms with Crippen molar-refractivity contribution in [1.29, 1.82) is 0 Å². The van der Waals surface area contributed by atoms with Gasteiger partial charge in [-0.3, -0.25) is 4.79 Å². The molecule has 0 saturated carbocycles. The van der Waals surface area contributed by atoms with Crippen LogP contribution in [0.5, 0.6) is 0 Å². The predicted octanol–water partition coefficient (Wildman–Crippen LogP) is -0.576. The van der Waals surface area contributed by atoms with Crippen LogP contribution in [0.3, 0.4) is 0 Å². The normalized spacial score (nSPS) is 38.5. The van der Waals surface area contributed by atoms with Crippen molar-refractivity contribution < 1.29 is 39.8 Å². The number of aliphatic hydroxyl groups is 5. The number of ether oxygens (including phenoxy) is 2. The second kappa shape index (κ2) is 8.48. The number of hydrogen-bond acceptors (Lipinski definition) is 8. The lowest BCUT2D eigenvalue weighted by Crippen LogP contribution is -2.59. The molecule has 1 heterocycles. The van der Waals surface area contributed by atoms with Crippen molar-refractivity contribution in [2.75, 3.05) is 6.61 Å². The Balaban J connectivity index is 2.10. The first kappa shape index (κ1) is 22.2. The molecule has 0 spiro atoms. The highest BCUT2D eigenvalue weighted by Crippen LogP contribution is 2.39. The number of carbonyl (C=O) groups is 1. The molecule has 0 bridgehead atoms. The summed E-state index contributed by atoms with van der Waals surface area (Å²) < 4.78 is 10.9. The molecule has 1 fully saturated rings. The topological polar surface area (TPSA) is 137 Å². The monoisotopic (exact) mass is 386 g/mol. The first-order chi connectivity index (χ1) is 12.5. The lowest BCUT2D eigenvalue weighted by atomic mass is 9.71. The van der Waals surface area contributed by atoms with E-state index >= 15 is 0 Å². The van der Waals surface area contributed by atoms with Crippen LogP contribution in [-0.2, 0) is 14.3 Å². The lowest BCUT2D eigenvalue weighted by Gasteiger charge is -2.40. The molecule has 7 atom stereocenters. The van der Waals surface area contributed by atoms with E-state index in [0.29, 0.717) is 5.57 Å². The van der Waals surface area contributed by atoms with E-state index in [1.807, 2.05) is 13.8 Å². The average Bonchev–Trinajstić information content (AvgIpc) is 2.59. The van der Waals surface area contributed by atoms with Crippen molar-refractivity contribution in [3.63, 3.8) is 0 Å². The van der Waals surface area contributed by atoms with Crippen molar-refractivity contribution >= 4 is 5.78 Å². The number of allylic oxidation sites excluding steroid dienone is 2. The van der Waals surface area contributed by atoms with Crippen LogP contribution >= 0.6 is 0 Å². The minimum atomic E-state index is -1.50. The summed E-state index contributed by atoms with van der Waals surface area (Å²) in [6.45, 7) is 6.73. The summed E-state index contributed by atoms with van der Waals surface area (Å²) in [6, 6.07) is 0. The van der Waals surface area contributed by atoms with E-state index < -0.39 is 54.9 Å². The van der Waals surface area contributed by atoms with Crippen molar-refractivity contribution in [2.45, 2.75) is 77.0 Å². The molecule has 2 rings (SSSR count). The fraction of sp³-hybridized carbons (Fsp3) is 0.737. The van der Waals surface area contributed by atoms with Crippen molar-refractivity contribution in [2.24, 2.45) is 5.41 Å². The first-order valence-electron chi connectivity index (χ1n) is 9.05. The zero-order valence-electron chi connectivity index (χ0n) is 16.1. The van der Waals surface area contributed by atoms with Gasteiger partial charge in [0.15, 0.2) is 12.1 Å². The molecule has 0 amide bonds. The molecule has 0 aromatic carbocycles. The molecule has 0 radical (unpaired) electrons. The maximum atomic E-state index is 11.9. The largest absolute Gasteiger partial charge is 0.394 e. The first-order valence-corrected chi connectivity index (χ1v) is 9.05. The maximum Gasteiger partial charge on any atom is 0.187 e. The second-order valence-electron chi connectivity index (χ2n) is 7.92. The molecular formula is C19H30O8. The standard InChI is InChI=1S/C19H30O8/c1-9(26-18-17(25)16(24)15(23)13(8-20)27-18)5-6-11-10(2)14(22)12(21)7-19(11,3)4/h5-6,9,13-18,20,22-25H,7-8H2,1-4H3/b6-5+/t9-,13+,14+,15+,16-,17+,18+/m0/s1. The van der Waals surface area contributed by atoms with Crippen LogP contribution in [0.25, 0.3) is 0 Å². The Labute approximate surface area is 158 Å². The molecule has 154 valence electrons. The molecule has 0 unspecified atom stereocenters. The van der Waals surface area contributed by atoms with Gasteiger partial charge in [0, 0.05) is 6.42 Å². The fourth-order valence-corrected chi connectivity index (χ4v) is 3.58. The Morgan fingerprint density at radius 2 is 1.85 bits per heavy atom. The van der Waals surface area contributed by atoms with Crippen LogP contribution in [0.2, 0.25) is 0 Å². The highest BCUT2D eigenvalue weighted by molar-refractivity contribution is 5.88. The van der Waals surface area contributed by atoms with Gasteiger partial charge in [-0.15, -0.1) is 0 Å². The minimum absolute atomic E-state index is 0.208. The molecule has 27 heavy (non-hydrogen) atoms. The van der Waals surface area contributed by atoms with Gasteiger partial charge in [-0.05, 0) is 30.4 Å². The Bertz CT molecular complexity index is 609. The third-order valence-electron chi connectivity index (χ3n) is 5.22. The summed E-state index contributed by atoms with van der Waals surface area (Å²) >= 11 is 0. The number of carbonyl (C=O) groups excluding carboxylic acids is 1. The summed E-state index contributed by atoms with van der Waals surface area (Å²) in [7, 11) is 0. The summed E-state index contributed by atoms with van der Waals surface area (Å²) in [6.07, 6.45) is -4.61. The van der Waals surface area contributed by atoms with Gasteiger partial charge < -0.3 is 35.0 Å². The third-order valence-corrected chi connectivity index (χ3v) is 5.22. The van der Waals surface area contributed by atoms with Crippen LogP contribution in [0.1, 0.15) is 34.1 Å². The smallest absolute Gasteiger partial charge is 0.187 e. The van der Waals surface area contributed by atoms with Gasteiger partial charge in [-0.2, -0.15) is 0 Å². The van der Waals surface area contributed by atoms with Crippen molar-refractivity contribution in [3.05, 3.63) is 23.3 Å². The fourth-order valence-electron chi connectivity index (χ4n) is 3.58. The Kier molecular flexibility index (Phi) is 6.96. The molecule has 0 aromatic rings. The van der Waals surface area contributed by atoms with E-state index in [1.165, 1.54) is 0 Å². The zero-order chi connectivity index (χ0) is 20.5. The molecular weight excluding hydrogens is 356 g/mol. The molecule has 5 N–H and O–H groups in total. The maximum absolute atomic E-state index is 11.9. The van der Waals surface area contributed by atoms with Crippen molar-refractivity contribution in [3.8, 4) is 0 Å². The van der Waals surface area contributed by atoms with E-state index in [-0.39, 0.29) is 12.2 Å². The Morgan fingerprint density at radius 1 is 1.22 bits per heavy atom. The summed E-state index contributed by atoms with van der Waals surface area (Å²) in [5.41, 5.74) is 0.992. The Hall–Kier alpha value is -1.13. The van der Waals surface area contributed by atoms with Crippen LogP contribution in [0, 0.1) is 5.41 Å². The van der Waals surface area contributed by atoms with E-state index in [1.54, 1.807) is 26.0 Å². The predicted molar refractivity (Wildman–Crippen MR) is 95.6 cm³/mol. The van der Waals surface area contributed by atoms with Gasteiger partial charge >= 0.3 is 0 Å². The van der Waals surface area contributed by atoms with E-state index in [0.717, 1.165) is 5.57 Å². The van der Waals surface area contributed by atoms with E-state index in [4.69, 9.17) is 9.47 Å². The number of rotatable bonds is 5. The third kappa shape index (κ3) is 4.65. The van der Waals surface area contributed by atoms with E-state index in [2.05, 4.69) is 0 Å². The van der Waals surface area contributed by atoms with Gasteiger partial charge in [-0.25, -0.2) is 0 Å². The Morgan fingerprint density at radius 3 is 2.44 bits per heavy atom.